The van der Waals surface area contributed by atoms with Gasteiger partial charge in [-0.25, -0.2) is 0 Å². The first-order valence-corrected chi connectivity index (χ1v) is 7.77. The zero-order chi connectivity index (χ0) is 15.5. The van der Waals surface area contributed by atoms with Gasteiger partial charge in [0.1, 0.15) is 0 Å². The van der Waals surface area contributed by atoms with Crippen molar-refractivity contribution < 1.29 is 9.90 Å². The number of hydrogen-bond donors (Lipinski definition) is 1. The number of carboxylic acids is 1. The van der Waals surface area contributed by atoms with Gasteiger partial charge in [-0.2, -0.15) is 0 Å². The zero-order valence-electron chi connectivity index (χ0n) is 13.3. The molecule has 0 unspecified atom stereocenters. The quantitative estimate of drug-likeness (QED) is 0.925. The van der Waals surface area contributed by atoms with E-state index in [1.807, 2.05) is 6.20 Å². The first kappa shape index (κ1) is 16.0. The van der Waals surface area contributed by atoms with Crippen LogP contribution in [0.2, 0.25) is 0 Å². The number of rotatable bonds is 4. The van der Waals surface area contributed by atoms with Crippen molar-refractivity contribution in [2.75, 3.05) is 6.54 Å². The van der Waals surface area contributed by atoms with Crippen molar-refractivity contribution in [3.8, 4) is 0 Å². The number of likely N-dealkylation sites (tertiary alicyclic amines) is 1. The second-order valence-corrected chi connectivity index (χ2v) is 7.02. The molecule has 1 aliphatic rings. The van der Waals surface area contributed by atoms with E-state index in [4.69, 9.17) is 5.11 Å². The fourth-order valence-corrected chi connectivity index (χ4v) is 2.90. The van der Waals surface area contributed by atoms with Gasteiger partial charge in [0, 0.05) is 29.9 Å². The predicted molar refractivity (Wildman–Crippen MR) is 83.2 cm³/mol. The Hall–Kier alpha value is -1.42. The first-order chi connectivity index (χ1) is 9.86. The summed E-state index contributed by atoms with van der Waals surface area (Å²) >= 11 is 0. The van der Waals surface area contributed by atoms with Gasteiger partial charge >= 0.3 is 5.97 Å². The molecule has 0 bridgehead atoms. The van der Waals surface area contributed by atoms with Gasteiger partial charge in [-0.1, -0.05) is 33.3 Å². The zero-order valence-corrected chi connectivity index (χ0v) is 13.3. The van der Waals surface area contributed by atoms with Crippen LogP contribution in [0.3, 0.4) is 0 Å². The standard InChI is InChI=1S/C17H26N2O2/c1-17(2,3)15-8-7-13(11-18-15)12-19-9-5-4-6-14(19)10-16(20)21/h7-8,11,14H,4-6,9-10,12H2,1-3H3,(H,20,21)/t14-/m1/s1. The summed E-state index contributed by atoms with van der Waals surface area (Å²) in [6.45, 7) is 8.25. The van der Waals surface area contributed by atoms with Crippen LogP contribution in [0.15, 0.2) is 18.3 Å². The molecule has 0 saturated carbocycles. The molecular formula is C17H26N2O2. The van der Waals surface area contributed by atoms with Gasteiger partial charge in [-0.05, 0) is 31.0 Å². The number of piperidine rings is 1. The number of carboxylic acid groups (broad SMARTS) is 1. The lowest BCUT2D eigenvalue weighted by atomic mass is 9.91. The van der Waals surface area contributed by atoms with Crippen LogP contribution in [0.5, 0.6) is 0 Å². The third kappa shape index (κ3) is 4.53. The van der Waals surface area contributed by atoms with Gasteiger partial charge < -0.3 is 5.11 Å². The molecule has 0 amide bonds. The van der Waals surface area contributed by atoms with E-state index in [1.54, 1.807) is 0 Å². The summed E-state index contributed by atoms with van der Waals surface area (Å²) in [6.07, 6.45) is 5.46. The summed E-state index contributed by atoms with van der Waals surface area (Å²) in [4.78, 5) is 17.8. The van der Waals surface area contributed by atoms with Gasteiger partial charge in [0.25, 0.3) is 0 Å². The minimum Gasteiger partial charge on any atom is -0.481 e. The highest BCUT2D eigenvalue weighted by atomic mass is 16.4. The Morgan fingerprint density at radius 1 is 1.38 bits per heavy atom. The van der Waals surface area contributed by atoms with E-state index in [2.05, 4.69) is 42.8 Å². The lowest BCUT2D eigenvalue weighted by molar-refractivity contribution is -0.138. The molecule has 0 radical (unpaired) electrons. The van der Waals surface area contributed by atoms with Crippen LogP contribution < -0.4 is 0 Å². The highest BCUT2D eigenvalue weighted by molar-refractivity contribution is 5.67. The molecule has 4 heteroatoms. The van der Waals surface area contributed by atoms with E-state index < -0.39 is 5.97 Å². The van der Waals surface area contributed by atoms with Crippen LogP contribution in [0.25, 0.3) is 0 Å². The average Bonchev–Trinajstić information content (AvgIpc) is 2.40. The second kappa shape index (κ2) is 6.56. The molecule has 0 aromatic carbocycles. The smallest absolute Gasteiger partial charge is 0.304 e. The first-order valence-electron chi connectivity index (χ1n) is 7.77. The Morgan fingerprint density at radius 2 is 2.14 bits per heavy atom. The number of hydrogen-bond acceptors (Lipinski definition) is 3. The van der Waals surface area contributed by atoms with Crippen molar-refractivity contribution >= 4 is 5.97 Å². The molecule has 1 saturated heterocycles. The maximum absolute atomic E-state index is 11.0. The number of aromatic nitrogens is 1. The average molecular weight is 290 g/mol. The molecule has 116 valence electrons. The number of pyridine rings is 1. The Labute approximate surface area is 127 Å². The summed E-state index contributed by atoms with van der Waals surface area (Å²) in [7, 11) is 0. The van der Waals surface area contributed by atoms with E-state index >= 15 is 0 Å². The van der Waals surface area contributed by atoms with Gasteiger partial charge in [0.2, 0.25) is 0 Å². The molecule has 0 spiro atoms. The molecule has 1 atom stereocenters. The highest BCUT2D eigenvalue weighted by Crippen LogP contribution is 2.23. The number of nitrogens with zero attached hydrogens (tertiary/aromatic N) is 2. The van der Waals surface area contributed by atoms with Crippen molar-refractivity contribution in [1.29, 1.82) is 0 Å². The van der Waals surface area contributed by atoms with Gasteiger partial charge in [-0.15, -0.1) is 0 Å². The number of carbonyl (C=O) groups is 1. The molecule has 1 aliphatic heterocycles. The lowest BCUT2D eigenvalue weighted by Crippen LogP contribution is -2.40. The van der Waals surface area contributed by atoms with E-state index in [0.29, 0.717) is 0 Å². The minimum atomic E-state index is -0.701. The SMILES string of the molecule is CC(C)(C)c1ccc(CN2CCCC[C@@H]2CC(=O)O)cn1. The Balaban J connectivity index is 2.03. The summed E-state index contributed by atoms with van der Waals surface area (Å²) in [5, 5.41) is 9.04. The van der Waals surface area contributed by atoms with Crippen molar-refractivity contribution in [3.05, 3.63) is 29.6 Å². The van der Waals surface area contributed by atoms with Crippen LogP contribution >= 0.6 is 0 Å². The summed E-state index contributed by atoms with van der Waals surface area (Å²) in [5.74, 6) is -0.701. The molecule has 1 aromatic heterocycles. The monoisotopic (exact) mass is 290 g/mol. The fraction of sp³-hybridized carbons (Fsp3) is 0.647. The van der Waals surface area contributed by atoms with Gasteiger partial charge in [0.05, 0.1) is 6.42 Å². The van der Waals surface area contributed by atoms with E-state index in [0.717, 1.165) is 38.0 Å². The highest BCUT2D eigenvalue weighted by Gasteiger charge is 2.24. The van der Waals surface area contributed by atoms with Crippen molar-refractivity contribution in [2.24, 2.45) is 0 Å². The molecule has 21 heavy (non-hydrogen) atoms. The summed E-state index contributed by atoms with van der Waals surface area (Å²) in [5.41, 5.74) is 2.32. The maximum atomic E-state index is 11.0. The fourth-order valence-electron chi connectivity index (χ4n) is 2.90. The lowest BCUT2D eigenvalue weighted by Gasteiger charge is -2.35. The van der Waals surface area contributed by atoms with Gasteiger partial charge in [-0.3, -0.25) is 14.7 Å². The topological polar surface area (TPSA) is 53.4 Å². The van der Waals surface area contributed by atoms with Crippen LogP contribution in [-0.2, 0) is 16.8 Å². The number of aliphatic carboxylic acids is 1. The van der Waals surface area contributed by atoms with E-state index in [1.165, 1.54) is 5.56 Å². The van der Waals surface area contributed by atoms with Crippen LogP contribution in [0.1, 0.15) is 57.7 Å². The molecular weight excluding hydrogens is 264 g/mol. The van der Waals surface area contributed by atoms with Crippen molar-refractivity contribution in [2.45, 2.75) is 64.5 Å². The third-order valence-electron chi connectivity index (χ3n) is 4.14. The Morgan fingerprint density at radius 3 is 2.71 bits per heavy atom. The maximum Gasteiger partial charge on any atom is 0.304 e. The summed E-state index contributed by atoms with van der Waals surface area (Å²) in [6, 6.07) is 4.38. The van der Waals surface area contributed by atoms with E-state index in [-0.39, 0.29) is 17.9 Å². The molecule has 2 rings (SSSR count). The Bertz CT molecular complexity index is 477. The normalized spacial score (nSPS) is 20.4. The summed E-state index contributed by atoms with van der Waals surface area (Å²) < 4.78 is 0. The Kier molecular flexibility index (Phi) is 4.99. The van der Waals surface area contributed by atoms with E-state index in [9.17, 15) is 4.79 Å². The largest absolute Gasteiger partial charge is 0.481 e. The molecule has 2 heterocycles. The molecule has 1 N–H and O–H groups in total. The molecule has 0 aliphatic carbocycles. The minimum absolute atomic E-state index is 0.0650. The van der Waals surface area contributed by atoms with Gasteiger partial charge in [0.15, 0.2) is 0 Å². The van der Waals surface area contributed by atoms with Crippen molar-refractivity contribution in [1.82, 2.24) is 9.88 Å². The van der Waals surface area contributed by atoms with Crippen LogP contribution in [0.4, 0.5) is 0 Å². The second-order valence-electron chi connectivity index (χ2n) is 7.02. The third-order valence-corrected chi connectivity index (χ3v) is 4.14. The molecule has 4 nitrogen and oxygen atoms in total. The molecule has 1 fully saturated rings. The predicted octanol–water partition coefficient (Wildman–Crippen LogP) is 3.21. The molecule has 1 aromatic rings. The van der Waals surface area contributed by atoms with Crippen LogP contribution in [0, 0.1) is 0 Å². The van der Waals surface area contributed by atoms with Crippen molar-refractivity contribution in [3.63, 3.8) is 0 Å². The van der Waals surface area contributed by atoms with Crippen LogP contribution in [-0.4, -0.2) is 33.5 Å².